The van der Waals surface area contributed by atoms with Crippen LogP contribution in [0.25, 0.3) is 0 Å². The zero-order chi connectivity index (χ0) is 15.7. The Morgan fingerprint density at radius 3 is 2.76 bits per heavy atom. The van der Waals surface area contributed by atoms with Gasteiger partial charge in [-0.15, -0.1) is 0 Å². The zero-order valence-electron chi connectivity index (χ0n) is 12.9. The summed E-state index contributed by atoms with van der Waals surface area (Å²) in [5.41, 5.74) is 1.34. The molecule has 120 valence electrons. The van der Waals surface area contributed by atoms with Crippen LogP contribution < -0.4 is 10.2 Å². The van der Waals surface area contributed by atoms with E-state index in [-0.39, 0.29) is 12.4 Å². The highest BCUT2D eigenvalue weighted by Crippen LogP contribution is 2.22. The van der Waals surface area contributed by atoms with Crippen LogP contribution in [0.4, 0.5) is 10.1 Å². The number of rotatable bonds is 10. The molecule has 0 aliphatic heterocycles. The van der Waals surface area contributed by atoms with Crippen molar-refractivity contribution < 1.29 is 19.0 Å². The molecule has 0 saturated heterocycles. The highest BCUT2D eigenvalue weighted by molar-refractivity contribution is 5.53. The van der Waals surface area contributed by atoms with Crippen LogP contribution in [0.15, 0.2) is 18.2 Å². The number of hydrogen-bond donors (Lipinski definition) is 2. The number of hydrogen-bond acceptors (Lipinski definition) is 5. The summed E-state index contributed by atoms with van der Waals surface area (Å²) in [7, 11) is 4.99. The Bertz CT molecular complexity index is 418. The molecule has 0 heterocycles. The summed E-state index contributed by atoms with van der Waals surface area (Å²) in [6.07, 6.45) is -0.613. The molecule has 1 aromatic rings. The van der Waals surface area contributed by atoms with E-state index >= 15 is 0 Å². The van der Waals surface area contributed by atoms with E-state index in [0.717, 1.165) is 5.69 Å². The number of halogens is 1. The van der Waals surface area contributed by atoms with Crippen molar-refractivity contribution in [1.82, 2.24) is 5.32 Å². The second-order valence-corrected chi connectivity index (χ2v) is 4.90. The lowest BCUT2D eigenvalue weighted by Crippen LogP contribution is -2.33. The fourth-order valence-corrected chi connectivity index (χ4v) is 2.13. The van der Waals surface area contributed by atoms with Gasteiger partial charge in [0.1, 0.15) is 5.82 Å². The normalized spacial score (nSPS) is 12.4. The molecule has 0 spiro atoms. The summed E-state index contributed by atoms with van der Waals surface area (Å²) in [6.45, 7) is 2.27. The first-order valence-corrected chi connectivity index (χ1v) is 6.95. The van der Waals surface area contributed by atoms with Gasteiger partial charge in [0.2, 0.25) is 0 Å². The van der Waals surface area contributed by atoms with E-state index in [4.69, 9.17) is 9.47 Å². The van der Waals surface area contributed by atoms with Gasteiger partial charge >= 0.3 is 0 Å². The van der Waals surface area contributed by atoms with Crippen molar-refractivity contribution in [3.05, 3.63) is 29.6 Å². The van der Waals surface area contributed by atoms with Gasteiger partial charge in [0, 0.05) is 52.2 Å². The van der Waals surface area contributed by atoms with Gasteiger partial charge in [-0.2, -0.15) is 0 Å². The number of anilines is 1. The molecule has 0 aromatic heterocycles. The van der Waals surface area contributed by atoms with E-state index < -0.39 is 6.10 Å². The highest BCUT2D eigenvalue weighted by Gasteiger charge is 2.14. The predicted molar refractivity (Wildman–Crippen MR) is 81.1 cm³/mol. The predicted octanol–water partition coefficient (Wildman–Crippen LogP) is 1.01. The quantitative estimate of drug-likeness (QED) is 0.632. The summed E-state index contributed by atoms with van der Waals surface area (Å²) in [6, 6.07) is 4.95. The molecular weight excluding hydrogens is 275 g/mol. The maximum absolute atomic E-state index is 14.0. The van der Waals surface area contributed by atoms with Gasteiger partial charge in [0.15, 0.2) is 0 Å². The van der Waals surface area contributed by atoms with Crippen molar-refractivity contribution in [3.63, 3.8) is 0 Å². The highest BCUT2D eigenvalue weighted by atomic mass is 19.1. The Balaban J connectivity index is 2.73. The van der Waals surface area contributed by atoms with E-state index in [1.807, 2.05) is 18.0 Å². The lowest BCUT2D eigenvalue weighted by atomic mass is 10.1. The minimum Gasteiger partial charge on any atom is -0.389 e. The largest absolute Gasteiger partial charge is 0.389 e. The van der Waals surface area contributed by atoms with E-state index in [9.17, 15) is 9.50 Å². The van der Waals surface area contributed by atoms with E-state index in [1.165, 1.54) is 13.2 Å². The van der Waals surface area contributed by atoms with Crippen LogP contribution in [-0.4, -0.2) is 58.8 Å². The number of nitrogens with zero attached hydrogens (tertiary/aromatic N) is 1. The molecule has 0 aliphatic carbocycles. The molecule has 6 heteroatoms. The van der Waals surface area contributed by atoms with Crippen molar-refractivity contribution in [2.24, 2.45) is 0 Å². The van der Waals surface area contributed by atoms with Crippen molar-refractivity contribution in [2.75, 3.05) is 52.5 Å². The molecule has 21 heavy (non-hydrogen) atoms. The molecule has 1 atom stereocenters. The average Bonchev–Trinajstić information content (AvgIpc) is 2.45. The maximum atomic E-state index is 14.0. The number of ether oxygens (including phenoxy) is 2. The molecule has 0 fully saturated rings. The first kappa shape index (κ1) is 17.8. The Kier molecular flexibility index (Phi) is 8.22. The fourth-order valence-electron chi connectivity index (χ4n) is 2.13. The standard InChI is InChI=1S/C15H25FN2O3/c1-18(10-12(19)11-21-3)15-6-4-5-14(16)13(15)9-17-7-8-20-2/h4-6,12,17,19H,7-11H2,1-3H3. The number of nitrogens with one attached hydrogen (secondary N) is 1. The molecule has 1 unspecified atom stereocenters. The Labute approximate surface area is 125 Å². The molecule has 2 N–H and O–H groups in total. The third kappa shape index (κ3) is 5.97. The average molecular weight is 300 g/mol. The third-order valence-corrected chi connectivity index (χ3v) is 3.13. The summed E-state index contributed by atoms with van der Waals surface area (Å²) in [4.78, 5) is 1.83. The molecule has 1 rings (SSSR count). The lowest BCUT2D eigenvalue weighted by Gasteiger charge is -2.25. The summed E-state index contributed by atoms with van der Waals surface area (Å²) < 4.78 is 23.9. The van der Waals surface area contributed by atoms with Crippen molar-refractivity contribution in [3.8, 4) is 0 Å². The van der Waals surface area contributed by atoms with Crippen molar-refractivity contribution in [1.29, 1.82) is 0 Å². The van der Waals surface area contributed by atoms with Gasteiger partial charge in [0.25, 0.3) is 0 Å². The molecule has 5 nitrogen and oxygen atoms in total. The Morgan fingerprint density at radius 1 is 1.33 bits per heavy atom. The van der Waals surface area contributed by atoms with Gasteiger partial charge in [-0.3, -0.25) is 0 Å². The summed E-state index contributed by atoms with van der Waals surface area (Å²) in [5.74, 6) is -0.259. The van der Waals surface area contributed by atoms with E-state index in [0.29, 0.717) is 31.8 Å². The summed E-state index contributed by atoms with van der Waals surface area (Å²) >= 11 is 0. The molecular formula is C15H25FN2O3. The van der Waals surface area contributed by atoms with E-state index in [2.05, 4.69) is 5.32 Å². The number of aliphatic hydroxyl groups excluding tert-OH is 1. The molecule has 0 bridgehead atoms. The van der Waals surface area contributed by atoms with Crippen molar-refractivity contribution in [2.45, 2.75) is 12.6 Å². The number of likely N-dealkylation sites (N-methyl/N-ethyl adjacent to an activating group) is 1. The zero-order valence-corrected chi connectivity index (χ0v) is 12.9. The van der Waals surface area contributed by atoms with Gasteiger partial charge in [-0.1, -0.05) is 6.07 Å². The topological polar surface area (TPSA) is 54.0 Å². The van der Waals surface area contributed by atoms with Crippen LogP contribution in [0.5, 0.6) is 0 Å². The number of benzene rings is 1. The van der Waals surface area contributed by atoms with E-state index in [1.54, 1.807) is 13.2 Å². The number of aliphatic hydroxyl groups is 1. The monoisotopic (exact) mass is 300 g/mol. The molecule has 0 saturated carbocycles. The van der Waals surface area contributed by atoms with Crippen LogP contribution in [0.3, 0.4) is 0 Å². The van der Waals surface area contributed by atoms with Crippen LogP contribution in [-0.2, 0) is 16.0 Å². The molecule has 1 aromatic carbocycles. The lowest BCUT2D eigenvalue weighted by molar-refractivity contribution is 0.0695. The van der Waals surface area contributed by atoms with Gasteiger partial charge in [-0.05, 0) is 12.1 Å². The summed E-state index contributed by atoms with van der Waals surface area (Å²) in [5, 5.41) is 12.9. The van der Waals surface area contributed by atoms with Gasteiger partial charge < -0.3 is 24.8 Å². The SMILES string of the molecule is COCCNCc1c(F)cccc1N(C)CC(O)COC. The van der Waals surface area contributed by atoms with Gasteiger partial charge in [0.05, 0.1) is 19.3 Å². The maximum Gasteiger partial charge on any atom is 0.129 e. The molecule has 0 aliphatic rings. The van der Waals surface area contributed by atoms with Gasteiger partial charge in [-0.25, -0.2) is 4.39 Å². The van der Waals surface area contributed by atoms with Crippen molar-refractivity contribution >= 4 is 5.69 Å². The first-order chi connectivity index (χ1) is 10.1. The van der Waals surface area contributed by atoms with Crippen LogP contribution >= 0.6 is 0 Å². The minimum absolute atomic E-state index is 0.251. The number of methoxy groups -OCH3 is 2. The Morgan fingerprint density at radius 2 is 2.10 bits per heavy atom. The Hall–Kier alpha value is -1.21. The second kappa shape index (κ2) is 9.68. The third-order valence-electron chi connectivity index (χ3n) is 3.13. The molecule has 0 amide bonds. The fraction of sp³-hybridized carbons (Fsp3) is 0.600. The smallest absolute Gasteiger partial charge is 0.129 e. The first-order valence-electron chi connectivity index (χ1n) is 6.95. The van der Waals surface area contributed by atoms with Crippen LogP contribution in [0, 0.1) is 5.82 Å². The van der Waals surface area contributed by atoms with Crippen LogP contribution in [0.1, 0.15) is 5.56 Å². The minimum atomic E-state index is -0.613. The molecule has 0 radical (unpaired) electrons. The van der Waals surface area contributed by atoms with Crippen LogP contribution in [0.2, 0.25) is 0 Å². The second-order valence-electron chi connectivity index (χ2n) is 4.90.